The average Bonchev–Trinajstić information content (AvgIpc) is 3.28. The zero-order valence-corrected chi connectivity index (χ0v) is 15.1. The molecular formula is C20H17ClN2O4. The van der Waals surface area contributed by atoms with Crippen molar-refractivity contribution >= 4 is 34.4 Å². The van der Waals surface area contributed by atoms with Gasteiger partial charge in [-0.3, -0.25) is 9.59 Å². The molecule has 6 nitrogen and oxygen atoms in total. The summed E-state index contributed by atoms with van der Waals surface area (Å²) in [4.78, 5) is 26.1. The Morgan fingerprint density at radius 3 is 2.63 bits per heavy atom. The van der Waals surface area contributed by atoms with E-state index in [-0.39, 0.29) is 24.8 Å². The first-order valence-electron chi connectivity index (χ1n) is 8.62. The highest BCUT2D eigenvalue weighted by molar-refractivity contribution is 6.30. The fourth-order valence-corrected chi connectivity index (χ4v) is 3.75. The summed E-state index contributed by atoms with van der Waals surface area (Å²) in [5.74, 6) is -1.98. The lowest BCUT2D eigenvalue weighted by atomic mass is 9.89. The molecule has 1 saturated heterocycles. The number of hydrogen-bond acceptors (Lipinski definition) is 4. The van der Waals surface area contributed by atoms with Gasteiger partial charge in [-0.05, 0) is 29.8 Å². The van der Waals surface area contributed by atoms with Crippen molar-refractivity contribution in [2.75, 3.05) is 13.1 Å². The average molecular weight is 385 g/mol. The summed E-state index contributed by atoms with van der Waals surface area (Å²) in [5, 5.41) is 15.0. The molecule has 0 aliphatic carbocycles. The maximum Gasteiger partial charge on any atom is 0.308 e. The van der Waals surface area contributed by atoms with Crippen LogP contribution in [0.2, 0.25) is 5.02 Å². The lowest BCUT2D eigenvalue weighted by Crippen LogP contribution is -2.31. The lowest BCUT2D eigenvalue weighted by Gasteiger charge is -2.16. The number of likely N-dealkylation sites (tertiary alicyclic amines) is 1. The first-order valence-corrected chi connectivity index (χ1v) is 9.00. The van der Waals surface area contributed by atoms with E-state index < -0.39 is 11.9 Å². The third-order valence-corrected chi connectivity index (χ3v) is 5.31. The zero-order chi connectivity index (χ0) is 19.0. The van der Waals surface area contributed by atoms with Crippen molar-refractivity contribution < 1.29 is 19.2 Å². The van der Waals surface area contributed by atoms with Crippen LogP contribution in [0.15, 0.2) is 53.1 Å². The van der Waals surface area contributed by atoms with Gasteiger partial charge >= 0.3 is 5.97 Å². The first kappa shape index (κ1) is 17.5. The molecule has 0 spiro atoms. The minimum absolute atomic E-state index is 0.0800. The summed E-state index contributed by atoms with van der Waals surface area (Å²) in [6.45, 7) is 0.532. The number of amides is 1. The molecule has 0 unspecified atom stereocenters. The molecule has 1 aliphatic rings. The predicted octanol–water partition coefficient (Wildman–Crippen LogP) is 3.35. The minimum atomic E-state index is -0.905. The van der Waals surface area contributed by atoms with Gasteiger partial charge in [0.05, 0.1) is 12.3 Å². The molecule has 1 aliphatic heterocycles. The number of carbonyl (C=O) groups excluding carboxylic acids is 1. The van der Waals surface area contributed by atoms with E-state index in [1.165, 1.54) is 0 Å². The Labute approximate surface area is 160 Å². The van der Waals surface area contributed by atoms with Gasteiger partial charge in [-0.1, -0.05) is 41.0 Å². The normalized spacial score (nSPS) is 19.5. The maximum absolute atomic E-state index is 12.8. The summed E-state index contributed by atoms with van der Waals surface area (Å²) in [6.07, 6.45) is 0.0800. The van der Waals surface area contributed by atoms with Crippen LogP contribution in [0.3, 0.4) is 0 Å². The van der Waals surface area contributed by atoms with Crippen LogP contribution in [0, 0.1) is 5.92 Å². The van der Waals surface area contributed by atoms with E-state index in [0.717, 1.165) is 10.9 Å². The summed E-state index contributed by atoms with van der Waals surface area (Å²) in [6, 6.07) is 14.5. The molecule has 2 aromatic carbocycles. The van der Waals surface area contributed by atoms with Gasteiger partial charge in [0.15, 0.2) is 5.58 Å². The number of para-hydroxylation sites is 1. The van der Waals surface area contributed by atoms with Crippen molar-refractivity contribution in [2.24, 2.45) is 5.92 Å². The van der Waals surface area contributed by atoms with Crippen molar-refractivity contribution in [3.8, 4) is 0 Å². The van der Waals surface area contributed by atoms with Crippen LogP contribution in [-0.4, -0.2) is 40.1 Å². The SMILES string of the molecule is O=C(O)[C@@H]1CN(C(=O)Cc2noc3ccccc23)C[C@H]1c1ccc(Cl)cc1. The number of benzene rings is 2. The van der Waals surface area contributed by atoms with Gasteiger partial charge in [0.25, 0.3) is 0 Å². The predicted molar refractivity (Wildman–Crippen MR) is 99.6 cm³/mol. The second-order valence-electron chi connectivity index (χ2n) is 6.70. The van der Waals surface area contributed by atoms with E-state index >= 15 is 0 Å². The maximum atomic E-state index is 12.8. The summed E-state index contributed by atoms with van der Waals surface area (Å²) in [7, 11) is 0. The van der Waals surface area contributed by atoms with E-state index in [2.05, 4.69) is 5.16 Å². The molecule has 1 aromatic heterocycles. The van der Waals surface area contributed by atoms with Crippen LogP contribution in [0.25, 0.3) is 11.0 Å². The Bertz CT molecular complexity index is 999. The largest absolute Gasteiger partial charge is 0.481 e. The smallest absolute Gasteiger partial charge is 0.308 e. The Morgan fingerprint density at radius 2 is 1.89 bits per heavy atom. The molecule has 0 radical (unpaired) electrons. The Morgan fingerprint density at radius 1 is 1.15 bits per heavy atom. The van der Waals surface area contributed by atoms with Crippen LogP contribution >= 0.6 is 11.6 Å². The van der Waals surface area contributed by atoms with E-state index in [1.54, 1.807) is 23.1 Å². The standard InChI is InChI=1S/C20H17ClN2O4/c21-13-7-5-12(6-8-13)15-10-23(11-16(15)20(25)26)19(24)9-17-14-3-1-2-4-18(14)27-22-17/h1-8,15-16H,9-11H2,(H,25,26)/t15-,16+/m0/s1. The number of nitrogens with zero attached hydrogens (tertiary/aromatic N) is 2. The molecule has 2 atom stereocenters. The van der Waals surface area contributed by atoms with Gasteiger partial charge in [-0.2, -0.15) is 0 Å². The number of hydrogen-bond donors (Lipinski definition) is 1. The number of rotatable bonds is 4. The highest BCUT2D eigenvalue weighted by atomic mass is 35.5. The highest BCUT2D eigenvalue weighted by Crippen LogP contribution is 2.34. The number of halogens is 1. The molecule has 0 saturated carbocycles. The summed E-state index contributed by atoms with van der Waals surface area (Å²) >= 11 is 5.93. The second kappa shape index (κ2) is 7.04. The molecule has 0 bridgehead atoms. The molecule has 27 heavy (non-hydrogen) atoms. The zero-order valence-electron chi connectivity index (χ0n) is 14.3. The van der Waals surface area contributed by atoms with Crippen molar-refractivity contribution in [1.82, 2.24) is 10.1 Å². The summed E-state index contributed by atoms with van der Waals surface area (Å²) < 4.78 is 5.25. The minimum Gasteiger partial charge on any atom is -0.481 e. The van der Waals surface area contributed by atoms with Crippen LogP contribution in [0.1, 0.15) is 17.2 Å². The highest BCUT2D eigenvalue weighted by Gasteiger charge is 2.40. The van der Waals surface area contributed by atoms with Crippen LogP contribution < -0.4 is 0 Å². The van der Waals surface area contributed by atoms with Gasteiger partial charge in [-0.25, -0.2) is 0 Å². The summed E-state index contributed by atoms with van der Waals surface area (Å²) in [5.41, 5.74) is 2.07. The van der Waals surface area contributed by atoms with Crippen LogP contribution in [0.5, 0.6) is 0 Å². The number of carbonyl (C=O) groups is 2. The molecule has 4 rings (SSSR count). The number of fused-ring (bicyclic) bond motifs is 1. The van der Waals surface area contributed by atoms with Crippen molar-refractivity contribution in [1.29, 1.82) is 0 Å². The molecule has 1 N–H and O–H groups in total. The van der Waals surface area contributed by atoms with Crippen molar-refractivity contribution in [2.45, 2.75) is 12.3 Å². The van der Waals surface area contributed by atoms with E-state index in [0.29, 0.717) is 22.8 Å². The topological polar surface area (TPSA) is 83.6 Å². The molecule has 2 heterocycles. The molecule has 138 valence electrons. The number of aliphatic carboxylic acids is 1. The number of carboxylic acid groups (broad SMARTS) is 1. The lowest BCUT2D eigenvalue weighted by molar-refractivity contribution is -0.141. The van der Waals surface area contributed by atoms with Gasteiger partial charge in [0.2, 0.25) is 5.91 Å². The Hall–Kier alpha value is -2.86. The number of aromatic nitrogens is 1. The fourth-order valence-electron chi connectivity index (χ4n) is 3.63. The van der Waals surface area contributed by atoms with E-state index in [9.17, 15) is 14.7 Å². The molecular weight excluding hydrogens is 368 g/mol. The molecule has 1 amide bonds. The molecule has 1 fully saturated rings. The molecule has 7 heteroatoms. The Kier molecular flexibility index (Phi) is 4.58. The third-order valence-electron chi connectivity index (χ3n) is 5.06. The monoisotopic (exact) mass is 384 g/mol. The Balaban J connectivity index is 1.54. The van der Waals surface area contributed by atoms with Crippen LogP contribution in [0.4, 0.5) is 0 Å². The third kappa shape index (κ3) is 3.40. The van der Waals surface area contributed by atoms with E-state index in [4.69, 9.17) is 16.1 Å². The number of carboxylic acids is 1. The fraction of sp³-hybridized carbons (Fsp3) is 0.250. The van der Waals surface area contributed by atoms with Gasteiger partial charge in [0.1, 0.15) is 5.69 Å². The van der Waals surface area contributed by atoms with E-state index in [1.807, 2.05) is 30.3 Å². The van der Waals surface area contributed by atoms with Gasteiger partial charge < -0.3 is 14.5 Å². The van der Waals surface area contributed by atoms with Gasteiger partial charge in [0, 0.05) is 29.4 Å². The van der Waals surface area contributed by atoms with Crippen molar-refractivity contribution in [3.05, 3.63) is 64.8 Å². The van der Waals surface area contributed by atoms with Crippen LogP contribution in [-0.2, 0) is 16.0 Å². The quantitative estimate of drug-likeness (QED) is 0.745. The first-order chi connectivity index (χ1) is 13.0. The van der Waals surface area contributed by atoms with Crippen molar-refractivity contribution in [3.63, 3.8) is 0 Å². The molecule has 3 aromatic rings. The second-order valence-corrected chi connectivity index (χ2v) is 7.14. The van der Waals surface area contributed by atoms with Gasteiger partial charge in [-0.15, -0.1) is 0 Å².